The van der Waals surface area contributed by atoms with Crippen molar-refractivity contribution in [3.63, 3.8) is 0 Å². The van der Waals surface area contributed by atoms with E-state index in [1.165, 1.54) is 26.7 Å². The van der Waals surface area contributed by atoms with Gasteiger partial charge in [-0.25, -0.2) is 0 Å². The van der Waals surface area contributed by atoms with Crippen molar-refractivity contribution in [2.75, 3.05) is 5.32 Å². The third-order valence-electron chi connectivity index (χ3n) is 7.64. The van der Waals surface area contributed by atoms with Crippen LogP contribution >= 0.6 is 7.92 Å². The number of hydrogen-bond donors (Lipinski definition) is 1. The van der Waals surface area contributed by atoms with Crippen molar-refractivity contribution in [1.82, 2.24) is 0 Å². The lowest BCUT2D eigenvalue weighted by Crippen LogP contribution is -2.23. The second-order valence-corrected chi connectivity index (χ2v) is 12.4. The molecule has 0 aromatic heterocycles. The lowest BCUT2D eigenvalue weighted by atomic mass is 9.92. The highest BCUT2D eigenvalue weighted by Gasteiger charge is 2.25. The highest BCUT2D eigenvalue weighted by molar-refractivity contribution is 7.80. The van der Waals surface area contributed by atoms with Gasteiger partial charge < -0.3 is 5.32 Å². The van der Waals surface area contributed by atoms with Crippen LogP contribution < -0.4 is 21.2 Å². The average molecular weight is 588 g/mol. The van der Waals surface area contributed by atoms with Crippen molar-refractivity contribution in [1.29, 1.82) is 0 Å². The topological polar surface area (TPSA) is 29.1 Å². The Hall–Kier alpha value is -5.04. The molecule has 0 fully saturated rings. The Morgan fingerprint density at radius 2 is 0.932 bits per heavy atom. The third kappa shape index (κ3) is 5.78. The maximum absolute atomic E-state index is 13.6. The van der Waals surface area contributed by atoms with Crippen molar-refractivity contribution in [3.05, 3.63) is 169 Å². The number of rotatable bonds is 6. The van der Waals surface area contributed by atoms with Crippen molar-refractivity contribution < 1.29 is 4.79 Å². The van der Waals surface area contributed by atoms with E-state index >= 15 is 0 Å². The summed E-state index contributed by atoms with van der Waals surface area (Å²) >= 11 is 0. The Balaban J connectivity index is 0.00000168. The van der Waals surface area contributed by atoms with Gasteiger partial charge in [0.15, 0.2) is 0 Å². The minimum Gasteiger partial charge on any atom is -0.321 e. The molecule has 0 saturated heterocycles. The second-order valence-electron chi connectivity index (χ2n) is 10.2. The zero-order chi connectivity index (χ0) is 30.3. The first kappa shape index (κ1) is 29.1. The third-order valence-corrected chi connectivity index (χ3v) is 10.1. The lowest BCUT2D eigenvalue weighted by Gasteiger charge is -2.26. The van der Waals surface area contributed by atoms with Crippen LogP contribution in [-0.4, -0.2) is 5.91 Å². The first-order valence-electron chi connectivity index (χ1n) is 15.1. The van der Waals surface area contributed by atoms with E-state index in [1.807, 2.05) is 44.2 Å². The minimum atomic E-state index is -0.908. The van der Waals surface area contributed by atoms with E-state index in [0.717, 1.165) is 27.6 Å². The smallest absolute Gasteiger partial charge is 0.255 e. The van der Waals surface area contributed by atoms with Gasteiger partial charge in [-0.3, -0.25) is 4.79 Å². The molecular weight excluding hydrogens is 553 g/mol. The van der Waals surface area contributed by atoms with Crippen LogP contribution in [-0.2, 0) is 0 Å². The molecule has 0 radical (unpaired) electrons. The summed E-state index contributed by atoms with van der Waals surface area (Å²) in [5.74, 6) is -0.123. The van der Waals surface area contributed by atoms with Crippen LogP contribution in [0.1, 0.15) is 24.2 Å². The Bertz CT molecular complexity index is 1980. The van der Waals surface area contributed by atoms with E-state index in [2.05, 4.69) is 139 Å². The van der Waals surface area contributed by atoms with E-state index in [9.17, 15) is 4.79 Å². The molecule has 214 valence electrons. The molecule has 0 unspecified atom stereocenters. The van der Waals surface area contributed by atoms with Crippen LogP contribution in [0.3, 0.4) is 0 Å². The Morgan fingerprint density at radius 1 is 0.477 bits per heavy atom. The van der Waals surface area contributed by atoms with Crippen molar-refractivity contribution in [2.24, 2.45) is 0 Å². The number of anilines is 1. The summed E-state index contributed by atoms with van der Waals surface area (Å²) in [7, 11) is -0.908. The Kier molecular flexibility index (Phi) is 8.92. The van der Waals surface area contributed by atoms with Crippen molar-refractivity contribution in [3.8, 4) is 11.1 Å². The van der Waals surface area contributed by atoms with Gasteiger partial charge in [0, 0.05) is 22.4 Å². The number of nitrogens with one attached hydrogen (secondary N) is 1. The van der Waals surface area contributed by atoms with Crippen LogP contribution in [0.2, 0.25) is 0 Å². The zero-order valence-corrected chi connectivity index (χ0v) is 25.8. The summed E-state index contributed by atoms with van der Waals surface area (Å²) in [6.07, 6.45) is 0. The fraction of sp³-hybridized carbons (Fsp3) is 0.0488. The standard InChI is InChI=1S/C39H28NOP.C2H6/c41-39(30-16-4-1-5-17-30)40-35-26-24-28-14-10-12-22-33(28)37(35)38-34-23-13-11-15-29(34)25-27-36(38)42(31-18-6-2-7-19-31)32-20-8-3-9-21-32;1-2/h1-27H,(H,40,41);1-2H3. The molecule has 7 aromatic rings. The van der Waals surface area contributed by atoms with E-state index in [1.54, 1.807) is 0 Å². The molecule has 0 aliphatic rings. The fourth-order valence-corrected chi connectivity index (χ4v) is 8.19. The first-order chi connectivity index (χ1) is 21.8. The average Bonchev–Trinajstić information content (AvgIpc) is 3.10. The van der Waals surface area contributed by atoms with Gasteiger partial charge in [0.1, 0.15) is 0 Å². The number of carbonyl (C=O) groups excluding carboxylic acids is 1. The van der Waals surface area contributed by atoms with Crippen LogP contribution in [0, 0.1) is 0 Å². The van der Waals surface area contributed by atoms with Gasteiger partial charge in [-0.05, 0) is 63.6 Å². The Morgan fingerprint density at radius 3 is 1.50 bits per heavy atom. The van der Waals surface area contributed by atoms with Crippen LogP contribution in [0.5, 0.6) is 0 Å². The van der Waals surface area contributed by atoms with Crippen molar-refractivity contribution in [2.45, 2.75) is 13.8 Å². The normalized spacial score (nSPS) is 10.8. The number of carbonyl (C=O) groups is 1. The molecule has 0 heterocycles. The molecule has 0 atom stereocenters. The monoisotopic (exact) mass is 587 g/mol. The van der Waals surface area contributed by atoms with E-state index in [-0.39, 0.29) is 5.91 Å². The van der Waals surface area contributed by atoms with Crippen molar-refractivity contribution >= 4 is 57.0 Å². The second kappa shape index (κ2) is 13.5. The van der Waals surface area contributed by atoms with Crippen LogP contribution in [0.25, 0.3) is 32.7 Å². The molecule has 1 amide bonds. The molecule has 0 saturated carbocycles. The molecule has 0 aliphatic carbocycles. The molecule has 2 nitrogen and oxygen atoms in total. The summed E-state index contributed by atoms with van der Waals surface area (Å²) in [5.41, 5.74) is 3.64. The first-order valence-corrected chi connectivity index (χ1v) is 16.4. The number of hydrogen-bond acceptors (Lipinski definition) is 1. The molecule has 3 heteroatoms. The van der Waals surface area contributed by atoms with Gasteiger partial charge >= 0.3 is 0 Å². The molecular formula is C41H34NOP. The van der Waals surface area contributed by atoms with E-state index in [0.29, 0.717) is 5.56 Å². The van der Waals surface area contributed by atoms with Gasteiger partial charge in [-0.2, -0.15) is 0 Å². The van der Waals surface area contributed by atoms with Gasteiger partial charge in [0.2, 0.25) is 0 Å². The fourth-order valence-electron chi connectivity index (χ4n) is 5.72. The maximum Gasteiger partial charge on any atom is 0.255 e. The van der Waals surface area contributed by atoms with Crippen LogP contribution in [0.15, 0.2) is 164 Å². The molecule has 0 aliphatic heterocycles. The van der Waals surface area contributed by atoms with Crippen LogP contribution in [0.4, 0.5) is 5.69 Å². The maximum atomic E-state index is 13.6. The SMILES string of the molecule is CC.O=C(Nc1ccc2ccccc2c1-c1c(P(c2ccccc2)c2ccccc2)ccc2ccccc12)c1ccccc1. The van der Waals surface area contributed by atoms with Gasteiger partial charge in [-0.1, -0.05) is 159 Å². The quantitative estimate of drug-likeness (QED) is 0.193. The van der Waals surface area contributed by atoms with Gasteiger partial charge in [0.05, 0.1) is 0 Å². The Labute approximate surface area is 260 Å². The predicted molar refractivity (Wildman–Crippen MR) is 191 cm³/mol. The zero-order valence-electron chi connectivity index (χ0n) is 24.9. The van der Waals surface area contributed by atoms with Gasteiger partial charge in [-0.15, -0.1) is 0 Å². The highest BCUT2D eigenvalue weighted by atomic mass is 31.1. The number of fused-ring (bicyclic) bond motifs is 2. The summed E-state index contributed by atoms with van der Waals surface area (Å²) < 4.78 is 0. The van der Waals surface area contributed by atoms with Gasteiger partial charge in [0.25, 0.3) is 5.91 Å². The van der Waals surface area contributed by atoms with E-state index < -0.39 is 7.92 Å². The summed E-state index contributed by atoms with van der Waals surface area (Å²) in [6.45, 7) is 4.00. The molecule has 1 N–H and O–H groups in total. The largest absolute Gasteiger partial charge is 0.321 e. The van der Waals surface area contributed by atoms with E-state index in [4.69, 9.17) is 0 Å². The predicted octanol–water partition coefficient (Wildman–Crippen LogP) is 9.70. The minimum absolute atomic E-state index is 0.123. The number of benzene rings is 7. The summed E-state index contributed by atoms with van der Waals surface area (Å²) in [6, 6.07) is 56.7. The summed E-state index contributed by atoms with van der Waals surface area (Å²) in [4.78, 5) is 13.6. The molecule has 7 rings (SSSR count). The molecule has 44 heavy (non-hydrogen) atoms. The molecule has 0 spiro atoms. The lowest BCUT2D eigenvalue weighted by molar-refractivity contribution is 0.102. The molecule has 7 aromatic carbocycles. The highest BCUT2D eigenvalue weighted by Crippen LogP contribution is 2.44. The number of amides is 1. The summed E-state index contributed by atoms with van der Waals surface area (Å²) in [5, 5.41) is 11.7. The molecule has 0 bridgehead atoms.